The van der Waals surface area contributed by atoms with Crippen LogP contribution in [0.5, 0.6) is 0 Å². The third-order valence-electron chi connectivity index (χ3n) is 4.07. The fourth-order valence-corrected chi connectivity index (χ4v) is 2.79. The van der Waals surface area contributed by atoms with Crippen molar-refractivity contribution in [2.45, 2.75) is 57.9 Å². The van der Waals surface area contributed by atoms with Crippen LogP contribution >= 0.6 is 0 Å². The summed E-state index contributed by atoms with van der Waals surface area (Å²) in [7, 11) is 0. The lowest BCUT2D eigenvalue weighted by molar-refractivity contribution is -0.141. The lowest BCUT2D eigenvalue weighted by atomic mass is 9.95. The molecule has 0 aromatic heterocycles. The highest BCUT2D eigenvalue weighted by molar-refractivity contribution is 5.86. The SMILES string of the molecule is CCC(CCN)CCC(=O)N1CCCCC1C(N)=O. The van der Waals surface area contributed by atoms with Crippen LogP contribution in [0.3, 0.4) is 0 Å². The van der Waals surface area contributed by atoms with Crippen molar-refractivity contribution < 1.29 is 9.59 Å². The summed E-state index contributed by atoms with van der Waals surface area (Å²) >= 11 is 0. The number of carbonyl (C=O) groups excluding carboxylic acids is 2. The van der Waals surface area contributed by atoms with E-state index in [2.05, 4.69) is 6.92 Å². The number of hydrogen-bond donors (Lipinski definition) is 2. The number of hydrogen-bond acceptors (Lipinski definition) is 3. The van der Waals surface area contributed by atoms with Gasteiger partial charge in [0.2, 0.25) is 11.8 Å². The second-order valence-electron chi connectivity index (χ2n) is 5.39. The number of rotatable bonds is 7. The first kappa shape index (κ1) is 16.0. The van der Waals surface area contributed by atoms with Crippen molar-refractivity contribution in [1.82, 2.24) is 4.90 Å². The van der Waals surface area contributed by atoms with Gasteiger partial charge in [-0.1, -0.05) is 13.3 Å². The van der Waals surface area contributed by atoms with E-state index < -0.39 is 6.04 Å². The molecule has 2 atom stereocenters. The Bertz CT molecular complexity index is 307. The molecule has 5 heteroatoms. The summed E-state index contributed by atoms with van der Waals surface area (Å²) in [4.78, 5) is 25.3. The molecule has 1 saturated heterocycles. The largest absolute Gasteiger partial charge is 0.368 e. The molecular weight excluding hydrogens is 242 g/mol. The van der Waals surface area contributed by atoms with Gasteiger partial charge in [-0.15, -0.1) is 0 Å². The predicted molar refractivity (Wildman–Crippen MR) is 75.2 cm³/mol. The highest BCUT2D eigenvalue weighted by Crippen LogP contribution is 2.20. The van der Waals surface area contributed by atoms with Crippen molar-refractivity contribution in [2.24, 2.45) is 17.4 Å². The van der Waals surface area contributed by atoms with E-state index in [9.17, 15) is 9.59 Å². The van der Waals surface area contributed by atoms with Gasteiger partial charge in [0.15, 0.2) is 0 Å². The molecule has 19 heavy (non-hydrogen) atoms. The maximum atomic E-state index is 12.2. The molecule has 1 rings (SSSR count). The molecule has 4 N–H and O–H groups in total. The summed E-state index contributed by atoms with van der Waals surface area (Å²) in [5.74, 6) is 0.201. The molecule has 5 nitrogen and oxygen atoms in total. The van der Waals surface area contributed by atoms with Gasteiger partial charge in [-0.2, -0.15) is 0 Å². The standard InChI is InChI=1S/C14H27N3O2/c1-2-11(8-9-15)6-7-13(18)17-10-4-3-5-12(17)14(16)19/h11-12H,2-10,15H2,1H3,(H2,16,19). The topological polar surface area (TPSA) is 89.4 Å². The average Bonchev–Trinajstić information content (AvgIpc) is 2.43. The average molecular weight is 269 g/mol. The lowest BCUT2D eigenvalue weighted by Gasteiger charge is -2.34. The Morgan fingerprint density at radius 3 is 2.63 bits per heavy atom. The van der Waals surface area contributed by atoms with Crippen LogP contribution in [0.2, 0.25) is 0 Å². The highest BCUT2D eigenvalue weighted by atomic mass is 16.2. The van der Waals surface area contributed by atoms with Gasteiger partial charge >= 0.3 is 0 Å². The second kappa shape index (κ2) is 8.15. The molecule has 0 radical (unpaired) electrons. The normalized spacial score (nSPS) is 21.2. The Morgan fingerprint density at radius 2 is 2.05 bits per heavy atom. The van der Waals surface area contributed by atoms with E-state index in [-0.39, 0.29) is 11.8 Å². The van der Waals surface area contributed by atoms with Crippen LogP contribution in [-0.4, -0.2) is 35.8 Å². The number of likely N-dealkylation sites (tertiary alicyclic amines) is 1. The van der Waals surface area contributed by atoms with E-state index in [0.29, 0.717) is 31.8 Å². The number of nitrogens with zero attached hydrogens (tertiary/aromatic N) is 1. The van der Waals surface area contributed by atoms with Crippen molar-refractivity contribution in [3.8, 4) is 0 Å². The van der Waals surface area contributed by atoms with Crippen molar-refractivity contribution >= 4 is 11.8 Å². The summed E-state index contributed by atoms with van der Waals surface area (Å²) in [6.07, 6.45) is 6.02. The van der Waals surface area contributed by atoms with Crippen LogP contribution in [0.15, 0.2) is 0 Å². The van der Waals surface area contributed by atoms with Crippen LogP contribution in [0.1, 0.15) is 51.9 Å². The smallest absolute Gasteiger partial charge is 0.240 e. The first-order valence-electron chi connectivity index (χ1n) is 7.39. The van der Waals surface area contributed by atoms with Crippen LogP contribution < -0.4 is 11.5 Å². The molecule has 1 aliphatic rings. The number of carbonyl (C=O) groups is 2. The zero-order valence-electron chi connectivity index (χ0n) is 11.9. The molecule has 0 aromatic carbocycles. The Labute approximate surface area is 115 Å². The van der Waals surface area contributed by atoms with E-state index in [1.165, 1.54) is 0 Å². The Kier molecular flexibility index (Phi) is 6.84. The minimum atomic E-state index is -0.393. The van der Waals surface area contributed by atoms with Crippen molar-refractivity contribution in [3.63, 3.8) is 0 Å². The quantitative estimate of drug-likeness (QED) is 0.722. The molecule has 2 unspecified atom stereocenters. The highest BCUT2D eigenvalue weighted by Gasteiger charge is 2.30. The maximum absolute atomic E-state index is 12.2. The molecule has 2 amide bonds. The zero-order chi connectivity index (χ0) is 14.3. The van der Waals surface area contributed by atoms with Crippen molar-refractivity contribution in [3.05, 3.63) is 0 Å². The predicted octanol–water partition coefficient (Wildman–Crippen LogP) is 1.01. The lowest BCUT2D eigenvalue weighted by Crippen LogP contribution is -2.50. The van der Waals surface area contributed by atoms with Crippen LogP contribution in [0.25, 0.3) is 0 Å². The van der Waals surface area contributed by atoms with Gasteiger partial charge in [0, 0.05) is 13.0 Å². The van der Waals surface area contributed by atoms with Gasteiger partial charge in [-0.05, 0) is 44.6 Å². The van der Waals surface area contributed by atoms with Crippen molar-refractivity contribution in [1.29, 1.82) is 0 Å². The van der Waals surface area contributed by atoms with Gasteiger partial charge in [-0.25, -0.2) is 0 Å². The summed E-state index contributed by atoms with van der Waals surface area (Å²) in [5, 5.41) is 0. The van der Waals surface area contributed by atoms with Crippen LogP contribution in [0.4, 0.5) is 0 Å². The van der Waals surface area contributed by atoms with Gasteiger partial charge in [-0.3, -0.25) is 9.59 Å². The molecule has 110 valence electrons. The Morgan fingerprint density at radius 1 is 1.32 bits per heavy atom. The summed E-state index contributed by atoms with van der Waals surface area (Å²) in [6, 6.07) is -0.393. The number of nitrogens with two attached hydrogens (primary N) is 2. The third-order valence-corrected chi connectivity index (χ3v) is 4.07. The summed E-state index contributed by atoms with van der Waals surface area (Å²) in [6.45, 7) is 3.46. The van der Waals surface area contributed by atoms with E-state index in [1.54, 1.807) is 4.90 Å². The Balaban J connectivity index is 2.48. The van der Waals surface area contributed by atoms with Gasteiger partial charge in [0.25, 0.3) is 0 Å². The third kappa shape index (κ3) is 4.82. The molecule has 0 aromatic rings. The number of amides is 2. The summed E-state index contributed by atoms with van der Waals surface area (Å²) in [5.41, 5.74) is 10.9. The molecule has 0 bridgehead atoms. The van der Waals surface area contributed by atoms with Crippen molar-refractivity contribution in [2.75, 3.05) is 13.1 Å². The molecule has 1 heterocycles. The first-order chi connectivity index (χ1) is 9.10. The van der Waals surface area contributed by atoms with Gasteiger partial charge in [0.05, 0.1) is 0 Å². The number of primary amides is 1. The molecule has 0 spiro atoms. The first-order valence-corrected chi connectivity index (χ1v) is 7.39. The van der Waals surface area contributed by atoms with Gasteiger partial charge in [0.1, 0.15) is 6.04 Å². The monoisotopic (exact) mass is 269 g/mol. The van der Waals surface area contributed by atoms with Crippen LogP contribution in [0, 0.1) is 5.92 Å². The second-order valence-corrected chi connectivity index (χ2v) is 5.39. The van der Waals surface area contributed by atoms with Gasteiger partial charge < -0.3 is 16.4 Å². The molecular formula is C14H27N3O2. The van der Waals surface area contributed by atoms with E-state index in [0.717, 1.165) is 32.1 Å². The van der Waals surface area contributed by atoms with E-state index in [4.69, 9.17) is 11.5 Å². The minimum absolute atomic E-state index is 0.0685. The number of piperidine rings is 1. The molecule has 1 fully saturated rings. The van der Waals surface area contributed by atoms with E-state index in [1.807, 2.05) is 0 Å². The summed E-state index contributed by atoms with van der Waals surface area (Å²) < 4.78 is 0. The Hall–Kier alpha value is -1.10. The zero-order valence-corrected chi connectivity index (χ0v) is 11.9. The fraction of sp³-hybridized carbons (Fsp3) is 0.857. The maximum Gasteiger partial charge on any atom is 0.240 e. The fourth-order valence-electron chi connectivity index (χ4n) is 2.79. The van der Waals surface area contributed by atoms with E-state index >= 15 is 0 Å². The van der Waals surface area contributed by atoms with Crippen LogP contribution in [-0.2, 0) is 9.59 Å². The molecule has 0 saturated carbocycles. The molecule has 0 aliphatic carbocycles. The molecule has 1 aliphatic heterocycles. The minimum Gasteiger partial charge on any atom is -0.368 e.